The summed E-state index contributed by atoms with van der Waals surface area (Å²) in [7, 11) is 0. The fraction of sp³-hybridized carbons (Fsp3) is 0.222. The van der Waals surface area contributed by atoms with Crippen LogP contribution in [0.3, 0.4) is 0 Å². The Bertz CT molecular complexity index is 1280. The van der Waals surface area contributed by atoms with E-state index in [1.165, 1.54) is 0 Å². The molecule has 7 heteroatoms. The third kappa shape index (κ3) is 4.74. The highest BCUT2D eigenvalue weighted by atomic mass is 35.5. The van der Waals surface area contributed by atoms with Crippen LogP contribution in [0, 0.1) is 0 Å². The summed E-state index contributed by atoms with van der Waals surface area (Å²) in [6, 6.07) is 22.8. The number of aromatic nitrogens is 1. The van der Waals surface area contributed by atoms with Crippen LogP contribution in [0.4, 0.5) is 5.69 Å². The number of nitrogens with zero attached hydrogens (tertiary/aromatic N) is 2. The Morgan fingerprint density at radius 1 is 1.00 bits per heavy atom. The number of benzene rings is 3. The number of fused-ring (bicyclic) bond motifs is 1. The molecule has 0 unspecified atom stereocenters. The standard InChI is InChI=1S/C27H26ClN3O3/c28-20-7-4-8-21(15-20)30-11-13-31(14-12-30)26(27(32)33)24-17-29-25-10-9-22(16-23(24)25)34-18-19-5-2-1-3-6-19/h1-10,15-17,26,29H,11-14,18H2,(H,32,33)/t26-/m1/s1. The summed E-state index contributed by atoms with van der Waals surface area (Å²) in [5.74, 6) is -0.139. The smallest absolute Gasteiger partial charge is 0.325 e. The zero-order chi connectivity index (χ0) is 23.5. The first-order valence-electron chi connectivity index (χ1n) is 11.3. The number of carboxylic acids is 1. The Kier molecular flexibility index (Phi) is 6.43. The van der Waals surface area contributed by atoms with Gasteiger partial charge in [0.15, 0.2) is 0 Å². The number of ether oxygens (including phenoxy) is 1. The number of rotatable bonds is 7. The van der Waals surface area contributed by atoms with E-state index in [2.05, 4.69) is 9.88 Å². The molecule has 1 aliphatic rings. The zero-order valence-corrected chi connectivity index (χ0v) is 19.4. The molecule has 1 atom stereocenters. The van der Waals surface area contributed by atoms with Crippen molar-refractivity contribution in [3.63, 3.8) is 0 Å². The lowest BCUT2D eigenvalue weighted by Crippen LogP contribution is -2.49. The first-order chi connectivity index (χ1) is 16.6. The predicted octanol–water partition coefficient (Wildman–Crippen LogP) is 5.35. The van der Waals surface area contributed by atoms with Gasteiger partial charge in [0.25, 0.3) is 0 Å². The third-order valence-electron chi connectivity index (χ3n) is 6.31. The molecule has 174 valence electrons. The van der Waals surface area contributed by atoms with Crippen molar-refractivity contribution in [2.45, 2.75) is 12.6 Å². The van der Waals surface area contributed by atoms with Crippen LogP contribution in [0.1, 0.15) is 17.2 Å². The Hall–Kier alpha value is -3.48. The molecule has 6 nitrogen and oxygen atoms in total. The van der Waals surface area contributed by atoms with Crippen LogP contribution >= 0.6 is 11.6 Å². The van der Waals surface area contributed by atoms with Crippen LogP contribution in [0.25, 0.3) is 10.9 Å². The van der Waals surface area contributed by atoms with E-state index >= 15 is 0 Å². The molecule has 1 fully saturated rings. The van der Waals surface area contributed by atoms with Crippen LogP contribution in [-0.2, 0) is 11.4 Å². The Labute approximate surface area is 203 Å². The highest BCUT2D eigenvalue weighted by Gasteiger charge is 2.32. The molecule has 5 rings (SSSR count). The van der Waals surface area contributed by atoms with Crippen molar-refractivity contribution < 1.29 is 14.6 Å². The summed E-state index contributed by atoms with van der Waals surface area (Å²) in [4.78, 5) is 19.9. The molecular formula is C27H26ClN3O3. The van der Waals surface area contributed by atoms with Crippen molar-refractivity contribution in [3.8, 4) is 5.75 Å². The molecule has 1 aromatic heterocycles. The van der Waals surface area contributed by atoms with E-state index in [9.17, 15) is 9.90 Å². The van der Waals surface area contributed by atoms with Gasteiger partial charge < -0.3 is 19.7 Å². The lowest BCUT2D eigenvalue weighted by Gasteiger charge is -2.38. The molecule has 1 aliphatic heterocycles. The van der Waals surface area contributed by atoms with Crippen molar-refractivity contribution in [2.24, 2.45) is 0 Å². The highest BCUT2D eigenvalue weighted by molar-refractivity contribution is 6.30. The van der Waals surface area contributed by atoms with Gasteiger partial charge in [-0.15, -0.1) is 0 Å². The van der Waals surface area contributed by atoms with E-state index in [4.69, 9.17) is 16.3 Å². The summed E-state index contributed by atoms with van der Waals surface area (Å²) in [5, 5.41) is 11.8. The van der Waals surface area contributed by atoms with Gasteiger partial charge in [-0.3, -0.25) is 9.69 Å². The van der Waals surface area contributed by atoms with E-state index < -0.39 is 12.0 Å². The number of aromatic amines is 1. The molecule has 0 aliphatic carbocycles. The number of halogens is 1. The number of H-pyrrole nitrogens is 1. The topological polar surface area (TPSA) is 68.8 Å². The van der Waals surface area contributed by atoms with Crippen LogP contribution in [-0.4, -0.2) is 47.1 Å². The average Bonchev–Trinajstić information content (AvgIpc) is 3.26. The Balaban J connectivity index is 1.34. The Morgan fingerprint density at radius 2 is 1.79 bits per heavy atom. The van der Waals surface area contributed by atoms with Gasteiger partial charge in [0.2, 0.25) is 0 Å². The van der Waals surface area contributed by atoms with Crippen LogP contribution in [0.15, 0.2) is 79.0 Å². The van der Waals surface area contributed by atoms with E-state index in [0.29, 0.717) is 30.5 Å². The molecular weight excluding hydrogens is 450 g/mol. The summed E-state index contributed by atoms with van der Waals surface area (Å²) in [5.41, 5.74) is 3.79. The number of aliphatic carboxylic acids is 1. The van der Waals surface area contributed by atoms with Gasteiger partial charge in [0.05, 0.1) is 0 Å². The number of hydrogen-bond donors (Lipinski definition) is 2. The minimum Gasteiger partial charge on any atom is -0.489 e. The molecule has 1 saturated heterocycles. The summed E-state index contributed by atoms with van der Waals surface area (Å²) >= 11 is 6.15. The first-order valence-corrected chi connectivity index (χ1v) is 11.7. The van der Waals surface area contributed by atoms with E-state index in [0.717, 1.165) is 40.8 Å². The van der Waals surface area contributed by atoms with Gasteiger partial charge in [0.1, 0.15) is 18.4 Å². The molecule has 0 amide bonds. The molecule has 4 aromatic rings. The van der Waals surface area contributed by atoms with Crippen LogP contribution in [0.5, 0.6) is 5.75 Å². The maximum Gasteiger partial charge on any atom is 0.325 e. The van der Waals surface area contributed by atoms with Gasteiger partial charge in [-0.2, -0.15) is 0 Å². The third-order valence-corrected chi connectivity index (χ3v) is 6.55. The van der Waals surface area contributed by atoms with Crippen LogP contribution in [0.2, 0.25) is 5.02 Å². The molecule has 0 bridgehead atoms. The minimum atomic E-state index is -0.854. The van der Waals surface area contributed by atoms with Crippen molar-refractivity contribution in [1.82, 2.24) is 9.88 Å². The lowest BCUT2D eigenvalue weighted by molar-refractivity contribution is -0.143. The summed E-state index contributed by atoms with van der Waals surface area (Å²) in [6.45, 7) is 3.20. The number of hydrogen-bond acceptors (Lipinski definition) is 4. The average molecular weight is 476 g/mol. The minimum absolute atomic E-state index is 0.458. The Morgan fingerprint density at radius 3 is 2.53 bits per heavy atom. The van der Waals surface area contributed by atoms with Crippen molar-refractivity contribution in [3.05, 3.63) is 95.1 Å². The number of anilines is 1. The second-order valence-corrected chi connectivity index (χ2v) is 8.91. The SMILES string of the molecule is O=C(O)[C@@H](c1c[nH]c2ccc(OCc3ccccc3)cc12)N1CCN(c2cccc(Cl)c2)CC1. The fourth-order valence-electron chi connectivity index (χ4n) is 4.58. The van der Waals surface area contributed by atoms with E-state index in [1.54, 1.807) is 0 Å². The maximum atomic E-state index is 12.4. The fourth-order valence-corrected chi connectivity index (χ4v) is 4.76. The molecule has 0 spiro atoms. The first kappa shape index (κ1) is 22.3. The monoisotopic (exact) mass is 475 g/mol. The number of nitrogens with one attached hydrogen (secondary N) is 1. The zero-order valence-electron chi connectivity index (χ0n) is 18.7. The largest absolute Gasteiger partial charge is 0.489 e. The number of piperazine rings is 1. The van der Waals surface area contributed by atoms with Gasteiger partial charge in [0, 0.05) is 59.6 Å². The normalized spacial score (nSPS) is 15.4. The second-order valence-electron chi connectivity index (χ2n) is 8.47. The molecule has 0 saturated carbocycles. The van der Waals surface area contributed by atoms with Crippen LogP contribution < -0.4 is 9.64 Å². The predicted molar refractivity (Wildman–Crippen MR) is 135 cm³/mol. The number of carbonyl (C=O) groups is 1. The highest BCUT2D eigenvalue weighted by Crippen LogP contribution is 2.32. The van der Waals surface area contributed by atoms with Gasteiger partial charge in [-0.05, 0) is 42.0 Å². The van der Waals surface area contributed by atoms with Gasteiger partial charge in [-0.1, -0.05) is 48.0 Å². The van der Waals surface area contributed by atoms with Gasteiger partial charge >= 0.3 is 5.97 Å². The van der Waals surface area contributed by atoms with E-state index in [-0.39, 0.29) is 0 Å². The summed E-state index contributed by atoms with van der Waals surface area (Å²) in [6.07, 6.45) is 1.81. The van der Waals surface area contributed by atoms with E-state index in [1.807, 2.05) is 83.9 Å². The molecule has 0 radical (unpaired) electrons. The van der Waals surface area contributed by atoms with Gasteiger partial charge in [-0.25, -0.2) is 0 Å². The quantitative estimate of drug-likeness (QED) is 0.377. The molecule has 3 aromatic carbocycles. The maximum absolute atomic E-state index is 12.4. The van der Waals surface area contributed by atoms with Crippen molar-refractivity contribution in [2.75, 3.05) is 31.1 Å². The lowest BCUT2D eigenvalue weighted by atomic mass is 10.0. The second kappa shape index (κ2) is 9.79. The number of carboxylic acid groups (broad SMARTS) is 1. The van der Waals surface area contributed by atoms with Crippen molar-refractivity contribution >= 4 is 34.2 Å². The molecule has 2 heterocycles. The molecule has 2 N–H and O–H groups in total. The van der Waals surface area contributed by atoms with Crippen molar-refractivity contribution in [1.29, 1.82) is 0 Å². The summed E-state index contributed by atoms with van der Waals surface area (Å²) < 4.78 is 5.99. The molecule has 34 heavy (non-hydrogen) atoms.